The monoisotopic (exact) mass is 472 g/mol. The third kappa shape index (κ3) is 3.65. The van der Waals surface area contributed by atoms with Crippen LogP contribution in [0.4, 0.5) is 0 Å². The average Bonchev–Trinajstić information content (AvgIpc) is 2.87. The van der Waals surface area contributed by atoms with Crippen LogP contribution < -0.4 is 20.7 Å². The van der Waals surface area contributed by atoms with E-state index in [0.717, 1.165) is 0 Å². The lowest BCUT2D eigenvalue weighted by Gasteiger charge is -2.21. The second-order valence-electron chi connectivity index (χ2n) is 7.87. The van der Waals surface area contributed by atoms with Crippen molar-refractivity contribution in [2.24, 2.45) is 0 Å². The predicted octanol–water partition coefficient (Wildman–Crippen LogP) is 4.51. The van der Waals surface area contributed by atoms with Crippen LogP contribution in [0.1, 0.15) is 22.6 Å². The summed E-state index contributed by atoms with van der Waals surface area (Å²) in [5.41, 5.74) is -1.54. The fourth-order valence-electron chi connectivity index (χ4n) is 4.28. The molecule has 8 heteroatoms. The highest BCUT2D eigenvalue weighted by Crippen LogP contribution is 2.43. The molecule has 3 aromatic carbocycles. The van der Waals surface area contributed by atoms with Crippen molar-refractivity contribution in [1.82, 2.24) is 0 Å². The van der Waals surface area contributed by atoms with E-state index >= 15 is 0 Å². The van der Waals surface area contributed by atoms with Crippen molar-refractivity contribution in [1.29, 1.82) is 0 Å². The van der Waals surface area contributed by atoms with Gasteiger partial charge in [0.2, 0.25) is 0 Å². The minimum absolute atomic E-state index is 0.176. The van der Waals surface area contributed by atoms with Crippen LogP contribution in [-0.2, 0) is 0 Å². The van der Waals surface area contributed by atoms with Crippen molar-refractivity contribution in [2.45, 2.75) is 5.92 Å². The first kappa shape index (κ1) is 22.1. The number of hydrogen-bond donors (Lipinski definition) is 2. The molecule has 0 fully saturated rings. The van der Waals surface area contributed by atoms with E-state index in [1.54, 1.807) is 66.7 Å². The van der Waals surface area contributed by atoms with Gasteiger partial charge in [-0.2, -0.15) is 0 Å². The first-order chi connectivity index (χ1) is 16.9. The number of hydrogen-bond acceptors (Lipinski definition) is 8. The lowest BCUT2D eigenvalue weighted by molar-refractivity contribution is 0.392. The molecular formula is C27H20O8. The zero-order chi connectivity index (χ0) is 24.7. The number of ether oxygens (including phenoxy) is 2. The topological polar surface area (TPSA) is 119 Å². The second kappa shape index (κ2) is 8.57. The molecule has 5 aromatic rings. The second-order valence-corrected chi connectivity index (χ2v) is 7.87. The highest BCUT2D eigenvalue weighted by Gasteiger charge is 2.33. The molecule has 0 radical (unpaired) electrons. The molecule has 2 aromatic heterocycles. The van der Waals surface area contributed by atoms with Crippen molar-refractivity contribution < 1.29 is 28.5 Å². The summed E-state index contributed by atoms with van der Waals surface area (Å²) < 4.78 is 21.7. The standard InChI is InChI=1S/C27H20O8/c1-32-15-11-14(12-16(13-15)33-2)21(22-24(28)17-7-3-5-9-19(17)34-26(22)30)23-25(29)18-8-4-6-10-20(18)35-27(23)31/h3-13,21,28-29H,1-2H3. The molecule has 0 saturated carbocycles. The summed E-state index contributed by atoms with van der Waals surface area (Å²) in [4.78, 5) is 26.5. The van der Waals surface area contributed by atoms with Gasteiger partial charge in [0.25, 0.3) is 0 Å². The van der Waals surface area contributed by atoms with Crippen molar-refractivity contribution in [3.8, 4) is 23.0 Å². The Kier molecular flexibility index (Phi) is 5.41. The van der Waals surface area contributed by atoms with Crippen LogP contribution in [0.15, 0.2) is 85.2 Å². The van der Waals surface area contributed by atoms with Gasteiger partial charge >= 0.3 is 11.3 Å². The number of para-hydroxylation sites is 2. The van der Waals surface area contributed by atoms with Crippen LogP contribution in [0, 0.1) is 0 Å². The third-order valence-corrected chi connectivity index (χ3v) is 5.92. The van der Waals surface area contributed by atoms with E-state index in [4.69, 9.17) is 18.3 Å². The Balaban J connectivity index is 1.93. The molecule has 0 spiro atoms. The number of rotatable bonds is 5. The zero-order valence-corrected chi connectivity index (χ0v) is 18.8. The van der Waals surface area contributed by atoms with Crippen molar-refractivity contribution in [2.75, 3.05) is 14.2 Å². The maximum Gasteiger partial charge on any atom is 0.344 e. The summed E-state index contributed by atoms with van der Waals surface area (Å²) in [7, 11) is 2.91. The number of methoxy groups -OCH3 is 2. The first-order valence-corrected chi connectivity index (χ1v) is 10.6. The van der Waals surface area contributed by atoms with Crippen LogP contribution in [0.2, 0.25) is 0 Å². The van der Waals surface area contributed by atoms with Crippen molar-refractivity contribution in [3.63, 3.8) is 0 Å². The molecule has 8 nitrogen and oxygen atoms in total. The van der Waals surface area contributed by atoms with E-state index in [0.29, 0.717) is 17.1 Å². The van der Waals surface area contributed by atoms with Crippen molar-refractivity contribution in [3.05, 3.63) is 104 Å². The molecule has 0 atom stereocenters. The Morgan fingerprint density at radius 1 is 0.686 bits per heavy atom. The van der Waals surface area contributed by atoms with Crippen LogP contribution in [0.3, 0.4) is 0 Å². The highest BCUT2D eigenvalue weighted by molar-refractivity contribution is 5.87. The average molecular weight is 472 g/mol. The summed E-state index contributed by atoms with van der Waals surface area (Å²) in [6, 6.07) is 17.7. The maximum absolute atomic E-state index is 13.2. The zero-order valence-electron chi connectivity index (χ0n) is 18.8. The molecular weight excluding hydrogens is 452 g/mol. The first-order valence-electron chi connectivity index (χ1n) is 10.6. The minimum atomic E-state index is -1.28. The SMILES string of the molecule is COc1cc(OC)cc(C(c2c(O)c3ccccc3oc2=O)c2c(O)c3ccccc3oc2=O)c1. The normalized spacial score (nSPS) is 11.3. The summed E-state index contributed by atoms with van der Waals surface area (Å²) in [5, 5.41) is 23.0. The van der Waals surface area contributed by atoms with Gasteiger partial charge in [0.1, 0.15) is 34.2 Å². The number of aromatic hydroxyl groups is 2. The van der Waals surface area contributed by atoms with Gasteiger partial charge in [-0.05, 0) is 42.0 Å². The molecule has 0 aliphatic heterocycles. The Morgan fingerprint density at radius 2 is 1.11 bits per heavy atom. The highest BCUT2D eigenvalue weighted by atomic mass is 16.5. The van der Waals surface area contributed by atoms with Gasteiger partial charge in [-0.3, -0.25) is 0 Å². The molecule has 35 heavy (non-hydrogen) atoms. The maximum atomic E-state index is 13.2. The van der Waals surface area contributed by atoms with Crippen LogP contribution in [-0.4, -0.2) is 24.4 Å². The minimum Gasteiger partial charge on any atom is -0.507 e. The summed E-state index contributed by atoms with van der Waals surface area (Å²) in [5.74, 6) is -1.29. The number of fused-ring (bicyclic) bond motifs is 2. The molecule has 176 valence electrons. The van der Waals surface area contributed by atoms with Gasteiger partial charge in [0, 0.05) is 6.07 Å². The molecule has 0 aliphatic rings. The van der Waals surface area contributed by atoms with Gasteiger partial charge < -0.3 is 28.5 Å². The lowest BCUT2D eigenvalue weighted by Crippen LogP contribution is -2.21. The van der Waals surface area contributed by atoms with E-state index in [1.165, 1.54) is 14.2 Å². The molecule has 2 N–H and O–H groups in total. The van der Waals surface area contributed by atoms with Gasteiger partial charge in [-0.15, -0.1) is 0 Å². The smallest absolute Gasteiger partial charge is 0.344 e. The third-order valence-electron chi connectivity index (χ3n) is 5.92. The summed E-state index contributed by atoms with van der Waals surface area (Å²) in [6.07, 6.45) is 0. The van der Waals surface area contributed by atoms with Crippen LogP contribution >= 0.6 is 0 Å². The van der Waals surface area contributed by atoms with E-state index in [1.807, 2.05) is 0 Å². The van der Waals surface area contributed by atoms with E-state index in [9.17, 15) is 19.8 Å². The summed E-state index contributed by atoms with van der Waals surface area (Å²) >= 11 is 0. The molecule has 0 bridgehead atoms. The van der Waals surface area contributed by atoms with Gasteiger partial charge in [0.15, 0.2) is 0 Å². The molecule has 5 rings (SSSR count). The van der Waals surface area contributed by atoms with Gasteiger partial charge in [-0.25, -0.2) is 9.59 Å². The summed E-state index contributed by atoms with van der Waals surface area (Å²) in [6.45, 7) is 0. The van der Waals surface area contributed by atoms with E-state index < -0.39 is 17.2 Å². The molecule has 0 unspecified atom stereocenters. The molecule has 2 heterocycles. The molecule has 0 saturated heterocycles. The van der Waals surface area contributed by atoms with Gasteiger partial charge in [-0.1, -0.05) is 24.3 Å². The fourth-order valence-corrected chi connectivity index (χ4v) is 4.28. The lowest BCUT2D eigenvalue weighted by atomic mass is 9.84. The Hall–Kier alpha value is -4.72. The van der Waals surface area contributed by atoms with Crippen LogP contribution in [0.5, 0.6) is 23.0 Å². The Bertz CT molecular complexity index is 1570. The fraction of sp³-hybridized carbons (Fsp3) is 0.111. The van der Waals surface area contributed by atoms with Crippen molar-refractivity contribution >= 4 is 21.9 Å². The van der Waals surface area contributed by atoms with Crippen LogP contribution in [0.25, 0.3) is 21.9 Å². The largest absolute Gasteiger partial charge is 0.507 e. The molecule has 0 amide bonds. The Morgan fingerprint density at radius 3 is 1.54 bits per heavy atom. The van der Waals surface area contributed by atoms with Gasteiger partial charge in [0.05, 0.1) is 42.0 Å². The Labute approximate surface area is 198 Å². The predicted molar refractivity (Wildman–Crippen MR) is 129 cm³/mol. The van der Waals surface area contributed by atoms with E-state index in [-0.39, 0.29) is 44.6 Å². The quantitative estimate of drug-likeness (QED) is 0.359. The number of benzene rings is 3. The van der Waals surface area contributed by atoms with E-state index in [2.05, 4.69) is 0 Å². The molecule has 0 aliphatic carbocycles.